The molecule has 8 aromatic rings. The summed E-state index contributed by atoms with van der Waals surface area (Å²) in [7, 11) is 0. The van der Waals surface area contributed by atoms with Crippen LogP contribution in [0.4, 0.5) is 0 Å². The van der Waals surface area contributed by atoms with E-state index in [0.717, 1.165) is 65.7 Å². The van der Waals surface area contributed by atoms with Crippen LogP contribution < -0.4 is 0 Å². The fourth-order valence-electron chi connectivity index (χ4n) is 7.17. The third kappa shape index (κ3) is 4.62. The summed E-state index contributed by atoms with van der Waals surface area (Å²) in [6, 6.07) is 36.9. The van der Waals surface area contributed by atoms with Crippen LogP contribution in [0.1, 0.15) is 19.4 Å². The monoisotopic (exact) mass is 640 g/mol. The summed E-state index contributed by atoms with van der Waals surface area (Å²) in [6.45, 7) is 3.94. The van der Waals surface area contributed by atoms with E-state index in [9.17, 15) is 20.4 Å². The standard InChI is InChI=1S/C44H32O5/c1-3-12-25(4-2)27-19-21-32-34(23-27)39(40-43(47)41(45)38(42(46)44(40)48)26-13-6-5-7-14-26)31-17-9-8-16-30(31)37(32)28-20-22-36-33(24-28)29-15-10-11-18-35(29)49-36/h3-24,45-48H,1-2H3/b12-3-,25-4+. The highest BCUT2D eigenvalue weighted by Crippen LogP contribution is 2.58. The molecule has 7 aromatic carbocycles. The highest BCUT2D eigenvalue weighted by atomic mass is 16.3. The summed E-state index contributed by atoms with van der Waals surface area (Å²) >= 11 is 0. The van der Waals surface area contributed by atoms with E-state index in [-0.39, 0.29) is 11.1 Å². The third-order valence-corrected chi connectivity index (χ3v) is 9.39. The lowest BCUT2D eigenvalue weighted by Gasteiger charge is -2.21. The Morgan fingerprint density at radius 3 is 1.76 bits per heavy atom. The molecule has 0 bridgehead atoms. The van der Waals surface area contributed by atoms with Crippen LogP contribution >= 0.6 is 0 Å². The van der Waals surface area contributed by atoms with Crippen LogP contribution in [0.25, 0.3) is 82.4 Å². The van der Waals surface area contributed by atoms with Crippen molar-refractivity contribution in [2.24, 2.45) is 0 Å². The molecule has 49 heavy (non-hydrogen) atoms. The molecule has 1 heterocycles. The predicted octanol–water partition coefficient (Wildman–Crippen LogP) is 11.7. The van der Waals surface area contributed by atoms with Crippen LogP contribution in [0, 0.1) is 0 Å². The topological polar surface area (TPSA) is 94.1 Å². The SMILES string of the molecule is C/C=C\C(=C/C)c1ccc2c(-c3ccc4oc5ccccc5c4c3)c3ccccc3c(-c3c(O)c(O)c(-c4ccccc4)c(O)c3O)c2c1. The number of furan rings is 1. The molecule has 0 fully saturated rings. The van der Waals surface area contributed by atoms with Gasteiger partial charge in [0, 0.05) is 16.3 Å². The molecule has 5 nitrogen and oxygen atoms in total. The van der Waals surface area contributed by atoms with E-state index >= 15 is 0 Å². The molecule has 0 amide bonds. The summed E-state index contributed by atoms with van der Waals surface area (Å²) in [4.78, 5) is 0. The molecule has 0 aliphatic heterocycles. The van der Waals surface area contributed by atoms with Crippen molar-refractivity contribution < 1.29 is 24.8 Å². The third-order valence-electron chi connectivity index (χ3n) is 9.39. The van der Waals surface area contributed by atoms with Gasteiger partial charge in [0.1, 0.15) is 11.2 Å². The highest BCUT2D eigenvalue weighted by molar-refractivity contribution is 6.24. The van der Waals surface area contributed by atoms with Crippen LogP contribution in [0.3, 0.4) is 0 Å². The number of phenols is 4. The maximum atomic E-state index is 11.8. The second kappa shape index (κ2) is 11.7. The molecule has 0 saturated carbocycles. The Bertz CT molecular complexity index is 2630. The highest BCUT2D eigenvalue weighted by Gasteiger charge is 2.29. The number of fused-ring (bicyclic) bond motifs is 5. The molecule has 0 saturated heterocycles. The normalized spacial score (nSPS) is 12.2. The van der Waals surface area contributed by atoms with Gasteiger partial charge in [-0.1, -0.05) is 109 Å². The largest absolute Gasteiger partial charge is 0.504 e. The summed E-state index contributed by atoms with van der Waals surface area (Å²) in [5.74, 6) is -2.09. The van der Waals surface area contributed by atoms with E-state index in [0.29, 0.717) is 11.1 Å². The van der Waals surface area contributed by atoms with Crippen LogP contribution in [-0.4, -0.2) is 20.4 Å². The average molecular weight is 641 g/mol. The quantitative estimate of drug-likeness (QED) is 0.0650. The molecule has 1 aromatic heterocycles. The molecule has 0 radical (unpaired) electrons. The number of para-hydroxylation sites is 1. The van der Waals surface area contributed by atoms with E-state index in [1.165, 1.54) is 0 Å². The molecule has 238 valence electrons. The smallest absolute Gasteiger partial charge is 0.170 e. The van der Waals surface area contributed by atoms with Gasteiger partial charge in [0.2, 0.25) is 0 Å². The maximum absolute atomic E-state index is 11.8. The molecular formula is C44H32O5. The van der Waals surface area contributed by atoms with Crippen molar-refractivity contribution in [2.75, 3.05) is 0 Å². The average Bonchev–Trinajstić information content (AvgIpc) is 3.51. The van der Waals surface area contributed by atoms with Crippen molar-refractivity contribution in [1.29, 1.82) is 0 Å². The Morgan fingerprint density at radius 2 is 1.06 bits per heavy atom. The van der Waals surface area contributed by atoms with E-state index in [4.69, 9.17) is 4.42 Å². The first-order valence-corrected chi connectivity index (χ1v) is 16.2. The number of hydrogen-bond donors (Lipinski definition) is 4. The van der Waals surface area contributed by atoms with Crippen molar-refractivity contribution in [3.8, 4) is 56.4 Å². The molecule has 0 aliphatic rings. The maximum Gasteiger partial charge on any atom is 0.170 e. The predicted molar refractivity (Wildman–Crippen MR) is 200 cm³/mol. The van der Waals surface area contributed by atoms with Crippen molar-refractivity contribution in [1.82, 2.24) is 0 Å². The lowest BCUT2D eigenvalue weighted by Crippen LogP contribution is -1.94. The summed E-state index contributed by atoms with van der Waals surface area (Å²) in [6.07, 6.45) is 6.04. The van der Waals surface area contributed by atoms with E-state index in [2.05, 4.69) is 30.3 Å². The van der Waals surface area contributed by atoms with Crippen molar-refractivity contribution in [3.05, 3.63) is 139 Å². The van der Waals surface area contributed by atoms with Gasteiger partial charge in [0.05, 0.1) is 11.1 Å². The van der Waals surface area contributed by atoms with Crippen LogP contribution in [0.5, 0.6) is 23.0 Å². The van der Waals surface area contributed by atoms with Gasteiger partial charge in [0.15, 0.2) is 23.0 Å². The van der Waals surface area contributed by atoms with Crippen molar-refractivity contribution >= 4 is 49.1 Å². The molecule has 4 N–H and O–H groups in total. The van der Waals surface area contributed by atoms with Gasteiger partial charge in [-0.15, -0.1) is 0 Å². The van der Waals surface area contributed by atoms with Crippen molar-refractivity contribution in [2.45, 2.75) is 13.8 Å². The Kier molecular flexibility index (Phi) is 7.11. The molecule has 8 rings (SSSR count). The number of aromatic hydroxyl groups is 4. The minimum atomic E-state index is -0.523. The molecule has 0 aliphatic carbocycles. The summed E-state index contributed by atoms with van der Waals surface area (Å²) in [5.41, 5.74) is 6.31. The Labute approximate surface area is 282 Å². The van der Waals surface area contributed by atoms with Gasteiger partial charge >= 0.3 is 0 Å². The number of allylic oxidation sites excluding steroid dienone is 4. The minimum Gasteiger partial charge on any atom is -0.504 e. The molecule has 5 heteroatoms. The first-order valence-electron chi connectivity index (χ1n) is 16.2. The lowest BCUT2D eigenvalue weighted by molar-refractivity contribution is 0.378. The van der Waals surface area contributed by atoms with Gasteiger partial charge in [-0.05, 0) is 87.5 Å². The fourth-order valence-corrected chi connectivity index (χ4v) is 7.17. The van der Waals surface area contributed by atoms with Gasteiger partial charge < -0.3 is 24.8 Å². The summed E-state index contributed by atoms with van der Waals surface area (Å²) < 4.78 is 6.15. The zero-order chi connectivity index (χ0) is 33.8. The number of rotatable bonds is 5. The molecule has 0 unspecified atom stereocenters. The second-order valence-electron chi connectivity index (χ2n) is 12.1. The Morgan fingerprint density at radius 1 is 0.469 bits per heavy atom. The number of phenolic OH excluding ortho intramolecular Hbond substituents is 4. The van der Waals surface area contributed by atoms with Gasteiger partial charge in [-0.2, -0.15) is 0 Å². The molecule has 0 atom stereocenters. The Hall–Kier alpha value is -6.46. The fraction of sp³-hybridized carbons (Fsp3) is 0.0455. The number of hydrogen-bond acceptors (Lipinski definition) is 5. The van der Waals surface area contributed by atoms with E-state index in [1.54, 1.807) is 24.3 Å². The summed E-state index contributed by atoms with van der Waals surface area (Å²) in [5, 5.41) is 51.6. The number of benzene rings is 7. The minimum absolute atomic E-state index is 0.0461. The van der Waals surface area contributed by atoms with E-state index in [1.807, 2.05) is 92.7 Å². The van der Waals surface area contributed by atoms with Crippen LogP contribution in [0.15, 0.2) is 138 Å². The first kappa shape index (κ1) is 29.9. The van der Waals surface area contributed by atoms with Gasteiger partial charge in [-0.3, -0.25) is 0 Å². The Balaban J connectivity index is 1.52. The second-order valence-corrected chi connectivity index (χ2v) is 12.1. The zero-order valence-corrected chi connectivity index (χ0v) is 26.9. The van der Waals surface area contributed by atoms with E-state index < -0.39 is 23.0 Å². The molecular weight excluding hydrogens is 608 g/mol. The lowest BCUT2D eigenvalue weighted by atomic mass is 9.83. The van der Waals surface area contributed by atoms with Crippen LogP contribution in [-0.2, 0) is 0 Å². The molecule has 0 spiro atoms. The van der Waals surface area contributed by atoms with Gasteiger partial charge in [-0.25, -0.2) is 0 Å². The van der Waals surface area contributed by atoms with Crippen molar-refractivity contribution in [3.63, 3.8) is 0 Å². The first-order chi connectivity index (χ1) is 23.9. The van der Waals surface area contributed by atoms with Gasteiger partial charge in [0.25, 0.3) is 0 Å². The zero-order valence-electron chi connectivity index (χ0n) is 26.9. The van der Waals surface area contributed by atoms with Crippen LogP contribution in [0.2, 0.25) is 0 Å².